The number of likely N-dealkylation sites (N-methyl/N-ethyl adjacent to an activating group) is 1. The van der Waals surface area contributed by atoms with E-state index >= 15 is 0 Å². The van der Waals surface area contributed by atoms with Crippen LogP contribution in [0.5, 0.6) is 0 Å². The van der Waals surface area contributed by atoms with Crippen molar-refractivity contribution in [1.82, 2.24) is 5.32 Å². The lowest BCUT2D eigenvalue weighted by atomic mass is 10.2. The van der Waals surface area contributed by atoms with Crippen molar-refractivity contribution in [2.24, 2.45) is 0 Å². The van der Waals surface area contributed by atoms with Gasteiger partial charge in [-0.1, -0.05) is 12.1 Å². The second-order valence-electron chi connectivity index (χ2n) is 2.78. The number of hydrogen-bond acceptors (Lipinski definition) is 1. The lowest BCUT2D eigenvalue weighted by Gasteiger charge is -1.96. The van der Waals surface area contributed by atoms with Gasteiger partial charge in [0.25, 0.3) is 0 Å². The third-order valence-electron chi connectivity index (χ3n) is 1.63. The van der Waals surface area contributed by atoms with Crippen LogP contribution >= 0.6 is 22.6 Å². The molecule has 0 aliphatic carbocycles. The third kappa shape index (κ3) is 3.91. The number of carbonyl (C=O) groups is 1. The zero-order valence-corrected chi connectivity index (χ0v) is 10.1. The molecule has 0 unspecified atom stereocenters. The average molecular weight is 301 g/mol. The Morgan fingerprint density at radius 2 is 2.36 bits per heavy atom. The van der Waals surface area contributed by atoms with Crippen LogP contribution in [0.15, 0.2) is 30.3 Å². The predicted octanol–water partition coefficient (Wildman–Crippen LogP) is 2.44. The first kappa shape index (κ1) is 11.2. The van der Waals surface area contributed by atoms with Crippen molar-refractivity contribution in [3.63, 3.8) is 0 Å². The number of hydrogen-bond donors (Lipinski definition) is 1. The molecule has 1 aromatic carbocycles. The Bertz CT molecular complexity index is 347. The van der Waals surface area contributed by atoms with E-state index in [0.29, 0.717) is 6.54 Å². The molecule has 0 aliphatic heterocycles. The summed E-state index contributed by atoms with van der Waals surface area (Å²) in [4.78, 5) is 11.1. The summed E-state index contributed by atoms with van der Waals surface area (Å²) in [6.45, 7) is 2.56. The molecule has 74 valence electrons. The first-order valence-electron chi connectivity index (χ1n) is 4.44. The normalized spacial score (nSPS) is 10.4. The van der Waals surface area contributed by atoms with E-state index in [0.717, 1.165) is 5.56 Å². The molecule has 0 aromatic heterocycles. The van der Waals surface area contributed by atoms with Crippen LogP contribution in [-0.4, -0.2) is 12.5 Å². The van der Waals surface area contributed by atoms with E-state index in [4.69, 9.17) is 0 Å². The van der Waals surface area contributed by atoms with Crippen LogP contribution in [0.4, 0.5) is 0 Å². The van der Waals surface area contributed by atoms with Gasteiger partial charge in [0.2, 0.25) is 5.91 Å². The Morgan fingerprint density at radius 3 is 3.00 bits per heavy atom. The fraction of sp³-hybridized carbons (Fsp3) is 0.182. The van der Waals surface area contributed by atoms with Crippen molar-refractivity contribution in [3.8, 4) is 0 Å². The Balaban J connectivity index is 2.64. The highest BCUT2D eigenvalue weighted by molar-refractivity contribution is 14.1. The lowest BCUT2D eigenvalue weighted by molar-refractivity contribution is -0.116. The molecule has 1 N–H and O–H groups in total. The van der Waals surface area contributed by atoms with Crippen LogP contribution in [-0.2, 0) is 4.79 Å². The van der Waals surface area contributed by atoms with Gasteiger partial charge in [-0.25, -0.2) is 0 Å². The van der Waals surface area contributed by atoms with Gasteiger partial charge in [0.15, 0.2) is 0 Å². The van der Waals surface area contributed by atoms with Crippen molar-refractivity contribution in [1.29, 1.82) is 0 Å². The predicted molar refractivity (Wildman–Crippen MR) is 66.9 cm³/mol. The SMILES string of the molecule is CCNC(=O)C=Cc1cccc(I)c1. The Labute approximate surface area is 97.5 Å². The van der Waals surface area contributed by atoms with Crippen molar-refractivity contribution in [2.75, 3.05) is 6.54 Å². The smallest absolute Gasteiger partial charge is 0.243 e. The first-order chi connectivity index (χ1) is 6.72. The van der Waals surface area contributed by atoms with Crippen LogP contribution in [0.2, 0.25) is 0 Å². The second kappa shape index (κ2) is 5.80. The number of rotatable bonds is 3. The monoisotopic (exact) mass is 301 g/mol. The van der Waals surface area contributed by atoms with E-state index < -0.39 is 0 Å². The highest BCUT2D eigenvalue weighted by atomic mass is 127. The molecule has 0 saturated carbocycles. The molecule has 14 heavy (non-hydrogen) atoms. The zero-order chi connectivity index (χ0) is 10.4. The number of nitrogens with one attached hydrogen (secondary N) is 1. The van der Waals surface area contributed by atoms with Gasteiger partial charge in [-0.2, -0.15) is 0 Å². The van der Waals surface area contributed by atoms with E-state index in [-0.39, 0.29) is 5.91 Å². The van der Waals surface area contributed by atoms with E-state index in [9.17, 15) is 4.79 Å². The fourth-order valence-corrected chi connectivity index (χ4v) is 1.58. The second-order valence-corrected chi connectivity index (χ2v) is 4.03. The summed E-state index contributed by atoms with van der Waals surface area (Å²) < 4.78 is 1.17. The molecular weight excluding hydrogens is 289 g/mol. The highest BCUT2D eigenvalue weighted by Gasteiger charge is 1.92. The minimum Gasteiger partial charge on any atom is -0.353 e. The summed E-state index contributed by atoms with van der Waals surface area (Å²) in [7, 11) is 0. The molecule has 2 nitrogen and oxygen atoms in total. The van der Waals surface area contributed by atoms with Crippen molar-refractivity contribution < 1.29 is 4.79 Å². The summed E-state index contributed by atoms with van der Waals surface area (Å²) in [5.41, 5.74) is 1.04. The molecule has 1 rings (SSSR count). The maximum Gasteiger partial charge on any atom is 0.243 e. The van der Waals surface area contributed by atoms with E-state index in [1.54, 1.807) is 6.08 Å². The van der Waals surface area contributed by atoms with Crippen LogP contribution in [0.1, 0.15) is 12.5 Å². The van der Waals surface area contributed by atoms with Crippen LogP contribution in [0.3, 0.4) is 0 Å². The summed E-state index contributed by atoms with van der Waals surface area (Å²) in [5, 5.41) is 2.70. The minimum absolute atomic E-state index is 0.0497. The third-order valence-corrected chi connectivity index (χ3v) is 2.30. The Hall–Kier alpha value is -0.840. The zero-order valence-electron chi connectivity index (χ0n) is 7.96. The molecule has 1 amide bonds. The van der Waals surface area contributed by atoms with Gasteiger partial charge in [0.1, 0.15) is 0 Å². The summed E-state index contributed by atoms with van der Waals surface area (Å²) in [6, 6.07) is 7.98. The van der Waals surface area contributed by atoms with Gasteiger partial charge in [0, 0.05) is 16.2 Å². The number of amides is 1. The molecule has 0 radical (unpaired) electrons. The highest BCUT2D eigenvalue weighted by Crippen LogP contribution is 2.08. The van der Waals surface area contributed by atoms with Gasteiger partial charge in [-0.05, 0) is 53.3 Å². The molecule has 3 heteroatoms. The van der Waals surface area contributed by atoms with Crippen LogP contribution in [0.25, 0.3) is 6.08 Å². The standard InChI is InChI=1S/C11H12INO/c1-2-13-11(14)7-6-9-4-3-5-10(12)8-9/h3-8H,2H2,1H3,(H,13,14). The molecule has 0 bridgehead atoms. The summed E-state index contributed by atoms with van der Waals surface area (Å²) in [5.74, 6) is -0.0497. The Morgan fingerprint density at radius 1 is 1.57 bits per heavy atom. The fourth-order valence-electron chi connectivity index (χ4n) is 1.02. The minimum atomic E-state index is -0.0497. The maximum atomic E-state index is 11.1. The molecule has 0 heterocycles. The molecule has 0 atom stereocenters. The van der Waals surface area contributed by atoms with Crippen molar-refractivity contribution in [2.45, 2.75) is 6.92 Å². The number of halogens is 1. The topological polar surface area (TPSA) is 29.1 Å². The molecule has 0 saturated heterocycles. The van der Waals surface area contributed by atoms with Crippen LogP contribution < -0.4 is 5.32 Å². The number of carbonyl (C=O) groups excluding carboxylic acids is 1. The van der Waals surface area contributed by atoms with Gasteiger partial charge >= 0.3 is 0 Å². The summed E-state index contributed by atoms with van der Waals surface area (Å²) in [6.07, 6.45) is 3.36. The van der Waals surface area contributed by atoms with E-state index in [2.05, 4.69) is 27.9 Å². The molecule has 0 fully saturated rings. The van der Waals surface area contributed by atoms with Gasteiger partial charge in [-0.3, -0.25) is 4.79 Å². The molecule has 1 aromatic rings. The maximum absolute atomic E-state index is 11.1. The molecular formula is C11H12INO. The molecule has 0 spiro atoms. The van der Waals surface area contributed by atoms with Crippen LogP contribution in [0, 0.1) is 3.57 Å². The quantitative estimate of drug-likeness (QED) is 0.674. The van der Waals surface area contributed by atoms with Crippen molar-refractivity contribution in [3.05, 3.63) is 39.5 Å². The Kier molecular flexibility index (Phi) is 4.65. The van der Waals surface area contributed by atoms with E-state index in [1.165, 1.54) is 3.57 Å². The largest absolute Gasteiger partial charge is 0.353 e. The summed E-state index contributed by atoms with van der Waals surface area (Å²) >= 11 is 2.24. The lowest BCUT2D eigenvalue weighted by Crippen LogP contribution is -2.19. The van der Waals surface area contributed by atoms with Gasteiger partial charge in [0.05, 0.1) is 0 Å². The van der Waals surface area contributed by atoms with Crippen molar-refractivity contribution >= 4 is 34.6 Å². The van der Waals surface area contributed by atoms with Gasteiger partial charge < -0.3 is 5.32 Å². The first-order valence-corrected chi connectivity index (χ1v) is 5.51. The van der Waals surface area contributed by atoms with Gasteiger partial charge in [-0.15, -0.1) is 0 Å². The molecule has 0 aliphatic rings. The average Bonchev–Trinajstić information content (AvgIpc) is 2.15. The number of benzene rings is 1. The van der Waals surface area contributed by atoms with E-state index in [1.807, 2.05) is 37.3 Å².